The van der Waals surface area contributed by atoms with E-state index in [9.17, 15) is 26.3 Å². The maximum Gasteiger partial charge on any atom is 0.194 e. The van der Waals surface area contributed by atoms with Gasteiger partial charge >= 0.3 is 0 Å². The fourth-order valence-electron chi connectivity index (χ4n) is 1.32. The Morgan fingerprint density at radius 2 is 0.789 bits per heavy atom. The highest BCUT2D eigenvalue weighted by atomic mass is 32.2. The molecule has 0 radical (unpaired) electrons. The molecule has 2 aromatic carbocycles. The van der Waals surface area contributed by atoms with Gasteiger partial charge in [-0.1, -0.05) is 11.8 Å². The molecule has 0 spiro atoms. The van der Waals surface area contributed by atoms with Gasteiger partial charge in [-0.15, -0.1) is 0 Å². The molecule has 0 aliphatic carbocycles. The molecule has 0 N–H and O–H groups in total. The van der Waals surface area contributed by atoms with Gasteiger partial charge in [0.15, 0.2) is 34.9 Å². The molecule has 0 aliphatic heterocycles. The maximum atomic E-state index is 12.9. The summed E-state index contributed by atoms with van der Waals surface area (Å²) < 4.78 is 77.1. The molecule has 0 saturated carbocycles. The number of benzene rings is 2. The van der Waals surface area contributed by atoms with Crippen LogP contribution in [0.15, 0.2) is 34.1 Å². The van der Waals surface area contributed by atoms with E-state index in [0.717, 1.165) is 0 Å². The molecular weight excluding hydrogens is 290 g/mol. The Morgan fingerprint density at radius 1 is 0.526 bits per heavy atom. The van der Waals surface area contributed by atoms with Crippen molar-refractivity contribution >= 4 is 11.8 Å². The van der Waals surface area contributed by atoms with E-state index in [1.165, 1.54) is 0 Å². The normalized spacial score (nSPS) is 10.8. The zero-order chi connectivity index (χ0) is 14.2. The zero-order valence-electron chi connectivity index (χ0n) is 8.99. The van der Waals surface area contributed by atoms with Gasteiger partial charge in [0, 0.05) is 9.79 Å². The minimum Gasteiger partial charge on any atom is -0.204 e. The van der Waals surface area contributed by atoms with Crippen molar-refractivity contribution in [1.29, 1.82) is 0 Å². The van der Waals surface area contributed by atoms with Crippen LogP contribution in [0.5, 0.6) is 0 Å². The standard InChI is InChI=1S/C12H4F6S/c13-7-1-5(2-8(14)11(7)17)19-6-3-9(15)12(18)10(16)4-6/h1-4H. The Kier molecular flexibility index (Phi) is 3.75. The first-order valence-electron chi connectivity index (χ1n) is 4.85. The Bertz CT molecular complexity index is 539. The molecule has 2 aromatic rings. The summed E-state index contributed by atoms with van der Waals surface area (Å²) in [4.78, 5) is -0.219. The van der Waals surface area contributed by atoms with Gasteiger partial charge in [-0.2, -0.15) is 0 Å². The number of rotatable bonds is 2. The van der Waals surface area contributed by atoms with E-state index in [4.69, 9.17) is 0 Å². The second-order valence-electron chi connectivity index (χ2n) is 3.50. The highest BCUT2D eigenvalue weighted by molar-refractivity contribution is 7.99. The molecule has 19 heavy (non-hydrogen) atoms. The molecule has 7 heteroatoms. The summed E-state index contributed by atoms with van der Waals surface area (Å²) in [7, 11) is 0. The summed E-state index contributed by atoms with van der Waals surface area (Å²) in [5, 5.41) is 0. The monoisotopic (exact) mass is 294 g/mol. The van der Waals surface area contributed by atoms with Gasteiger partial charge in [0.25, 0.3) is 0 Å². The van der Waals surface area contributed by atoms with E-state index in [2.05, 4.69) is 0 Å². The predicted octanol–water partition coefficient (Wildman–Crippen LogP) is 4.67. The number of hydrogen-bond acceptors (Lipinski definition) is 1. The van der Waals surface area contributed by atoms with E-state index in [-0.39, 0.29) is 9.79 Å². The number of hydrogen-bond donors (Lipinski definition) is 0. The van der Waals surface area contributed by atoms with Crippen molar-refractivity contribution < 1.29 is 26.3 Å². The molecule has 0 saturated heterocycles. The molecule has 0 unspecified atom stereocenters. The van der Waals surface area contributed by atoms with Gasteiger partial charge in [-0.05, 0) is 24.3 Å². The van der Waals surface area contributed by atoms with Crippen molar-refractivity contribution in [2.24, 2.45) is 0 Å². The van der Waals surface area contributed by atoms with E-state index >= 15 is 0 Å². The fraction of sp³-hybridized carbons (Fsp3) is 0. The Balaban J connectivity index is 2.36. The van der Waals surface area contributed by atoms with Crippen LogP contribution in [0.25, 0.3) is 0 Å². The molecule has 100 valence electrons. The van der Waals surface area contributed by atoms with Crippen LogP contribution in [0.1, 0.15) is 0 Å². The summed E-state index contributed by atoms with van der Waals surface area (Å²) >= 11 is 0.568. The third-order valence-corrected chi connectivity index (χ3v) is 3.09. The van der Waals surface area contributed by atoms with Crippen LogP contribution < -0.4 is 0 Å². The highest BCUT2D eigenvalue weighted by Crippen LogP contribution is 2.31. The molecule has 0 aliphatic rings. The third kappa shape index (κ3) is 2.86. The zero-order valence-corrected chi connectivity index (χ0v) is 9.80. The van der Waals surface area contributed by atoms with Crippen LogP contribution in [0.3, 0.4) is 0 Å². The van der Waals surface area contributed by atoms with Gasteiger partial charge in [-0.3, -0.25) is 0 Å². The topological polar surface area (TPSA) is 0 Å². The van der Waals surface area contributed by atoms with Crippen molar-refractivity contribution in [3.05, 3.63) is 59.2 Å². The van der Waals surface area contributed by atoms with Crippen LogP contribution >= 0.6 is 11.8 Å². The highest BCUT2D eigenvalue weighted by Gasteiger charge is 2.14. The van der Waals surface area contributed by atoms with Gasteiger partial charge in [0.05, 0.1) is 0 Å². The van der Waals surface area contributed by atoms with Crippen molar-refractivity contribution in [2.45, 2.75) is 9.79 Å². The SMILES string of the molecule is Fc1cc(Sc2cc(F)c(F)c(F)c2)cc(F)c1F. The van der Waals surface area contributed by atoms with Gasteiger partial charge in [-0.25, -0.2) is 26.3 Å². The molecule has 0 amide bonds. The summed E-state index contributed by atoms with van der Waals surface area (Å²) in [6, 6.07) is 2.68. The van der Waals surface area contributed by atoms with Crippen LogP contribution in [0.2, 0.25) is 0 Å². The first kappa shape index (κ1) is 13.8. The Labute approximate surface area is 108 Å². The third-order valence-electron chi connectivity index (χ3n) is 2.15. The molecule has 0 fully saturated rings. The lowest BCUT2D eigenvalue weighted by Gasteiger charge is -2.04. The number of halogens is 6. The van der Waals surface area contributed by atoms with E-state index in [0.29, 0.717) is 36.0 Å². The van der Waals surface area contributed by atoms with Crippen molar-refractivity contribution in [1.82, 2.24) is 0 Å². The maximum absolute atomic E-state index is 12.9. The van der Waals surface area contributed by atoms with Gasteiger partial charge < -0.3 is 0 Å². The molecule has 0 bridgehead atoms. The molecule has 0 heterocycles. The first-order chi connectivity index (χ1) is 8.88. The van der Waals surface area contributed by atoms with Crippen molar-refractivity contribution in [3.63, 3.8) is 0 Å². The van der Waals surface area contributed by atoms with Crippen LogP contribution in [-0.4, -0.2) is 0 Å². The summed E-state index contributed by atoms with van der Waals surface area (Å²) in [6.45, 7) is 0. The second kappa shape index (κ2) is 5.16. The molecule has 0 atom stereocenters. The minimum atomic E-state index is -1.64. The average Bonchev–Trinajstić information content (AvgIpc) is 2.33. The van der Waals surface area contributed by atoms with Crippen molar-refractivity contribution in [3.8, 4) is 0 Å². The first-order valence-corrected chi connectivity index (χ1v) is 5.67. The second-order valence-corrected chi connectivity index (χ2v) is 4.65. The summed E-state index contributed by atoms with van der Waals surface area (Å²) in [5.41, 5.74) is 0. The predicted molar refractivity (Wildman–Crippen MR) is 56.8 cm³/mol. The average molecular weight is 294 g/mol. The Morgan fingerprint density at radius 3 is 1.05 bits per heavy atom. The summed E-state index contributed by atoms with van der Waals surface area (Å²) in [6.07, 6.45) is 0. The largest absolute Gasteiger partial charge is 0.204 e. The van der Waals surface area contributed by atoms with Crippen LogP contribution in [0.4, 0.5) is 26.3 Å². The Hall–Kier alpha value is -1.63. The van der Waals surface area contributed by atoms with Crippen molar-refractivity contribution in [2.75, 3.05) is 0 Å². The van der Waals surface area contributed by atoms with E-state index in [1.807, 2.05) is 0 Å². The minimum absolute atomic E-state index is 0.109. The van der Waals surface area contributed by atoms with Crippen LogP contribution in [0, 0.1) is 34.9 Å². The molecule has 0 aromatic heterocycles. The molecular formula is C12H4F6S. The molecule has 2 rings (SSSR count). The van der Waals surface area contributed by atoms with Gasteiger partial charge in [0.1, 0.15) is 0 Å². The van der Waals surface area contributed by atoms with Gasteiger partial charge in [0.2, 0.25) is 0 Å². The lowest BCUT2D eigenvalue weighted by Crippen LogP contribution is -1.93. The fourth-order valence-corrected chi connectivity index (χ4v) is 2.24. The van der Waals surface area contributed by atoms with E-state index < -0.39 is 34.9 Å². The van der Waals surface area contributed by atoms with E-state index in [1.54, 1.807) is 0 Å². The smallest absolute Gasteiger partial charge is 0.194 e. The molecule has 0 nitrogen and oxygen atoms in total. The lowest BCUT2D eigenvalue weighted by atomic mass is 10.3. The van der Waals surface area contributed by atoms with Crippen LogP contribution in [-0.2, 0) is 0 Å². The quantitative estimate of drug-likeness (QED) is 0.573. The lowest BCUT2D eigenvalue weighted by molar-refractivity contribution is 0.442. The summed E-state index contributed by atoms with van der Waals surface area (Å²) in [5.74, 6) is -8.98.